The molecule has 0 spiro atoms. The lowest BCUT2D eigenvalue weighted by Crippen LogP contribution is -2.05. The Balaban J connectivity index is 2.50. The maximum Gasteiger partial charge on any atom is 0.342 e. The van der Waals surface area contributed by atoms with Gasteiger partial charge in [-0.15, -0.1) is 0 Å². The van der Waals surface area contributed by atoms with Crippen molar-refractivity contribution < 1.29 is 19.7 Å². The zero-order valence-corrected chi connectivity index (χ0v) is 12.7. The molecule has 0 heterocycles. The normalized spacial score (nSPS) is 11.1. The number of benzene rings is 1. The van der Waals surface area contributed by atoms with Gasteiger partial charge in [-0.2, -0.15) is 0 Å². The van der Waals surface area contributed by atoms with Crippen LogP contribution in [0, 0.1) is 0 Å². The van der Waals surface area contributed by atoms with Gasteiger partial charge < -0.3 is 14.9 Å². The molecule has 21 heavy (non-hydrogen) atoms. The van der Waals surface area contributed by atoms with E-state index in [4.69, 9.17) is 4.74 Å². The molecular formula is C17H22O4. The lowest BCUT2D eigenvalue weighted by atomic mass is 10.1. The van der Waals surface area contributed by atoms with E-state index in [1.165, 1.54) is 23.8 Å². The van der Waals surface area contributed by atoms with Crippen LogP contribution < -0.4 is 0 Å². The summed E-state index contributed by atoms with van der Waals surface area (Å²) < 4.78 is 5.06. The van der Waals surface area contributed by atoms with Crippen LogP contribution in [-0.2, 0) is 4.74 Å². The van der Waals surface area contributed by atoms with E-state index in [2.05, 4.69) is 19.9 Å². The van der Waals surface area contributed by atoms with E-state index in [9.17, 15) is 15.0 Å². The van der Waals surface area contributed by atoms with E-state index >= 15 is 0 Å². The largest absolute Gasteiger partial charge is 0.504 e. The first-order valence-electron chi connectivity index (χ1n) is 6.89. The minimum absolute atomic E-state index is 0.0365. The van der Waals surface area contributed by atoms with E-state index in [-0.39, 0.29) is 17.9 Å². The number of carbonyl (C=O) groups is 1. The highest BCUT2D eigenvalue weighted by molar-refractivity contribution is 5.93. The molecule has 0 radical (unpaired) electrons. The molecule has 0 amide bonds. The molecule has 1 rings (SSSR count). The number of carbonyl (C=O) groups excluding carboxylic acids is 1. The standard InChI is InChI=1S/C17H22O4/c1-12(2)6-4-7-13(3)10-11-21-17(20)14-8-5-9-15(18)16(14)19/h5-6,8-10,18-19H,4,7,11H2,1-3H3/b13-10+. The molecule has 0 saturated carbocycles. The number of phenols is 2. The van der Waals surface area contributed by atoms with Crippen LogP contribution in [0.4, 0.5) is 0 Å². The lowest BCUT2D eigenvalue weighted by Gasteiger charge is -2.06. The van der Waals surface area contributed by atoms with Crippen LogP contribution in [-0.4, -0.2) is 22.8 Å². The van der Waals surface area contributed by atoms with Crippen molar-refractivity contribution in [2.75, 3.05) is 6.61 Å². The average molecular weight is 290 g/mol. The van der Waals surface area contributed by atoms with Gasteiger partial charge in [0.1, 0.15) is 12.2 Å². The van der Waals surface area contributed by atoms with Gasteiger partial charge in [-0.05, 0) is 51.8 Å². The molecule has 1 aromatic carbocycles. The van der Waals surface area contributed by atoms with Gasteiger partial charge in [0.05, 0.1) is 0 Å². The Labute approximate surface area is 125 Å². The average Bonchev–Trinajstić information content (AvgIpc) is 2.41. The van der Waals surface area contributed by atoms with Crippen molar-refractivity contribution in [1.82, 2.24) is 0 Å². The Hall–Kier alpha value is -2.23. The molecule has 4 nitrogen and oxygen atoms in total. The summed E-state index contributed by atoms with van der Waals surface area (Å²) in [5.41, 5.74) is 2.39. The Morgan fingerprint density at radius 2 is 1.90 bits per heavy atom. The summed E-state index contributed by atoms with van der Waals surface area (Å²) in [5.74, 6) is -1.44. The van der Waals surface area contributed by atoms with Crippen molar-refractivity contribution in [3.8, 4) is 11.5 Å². The molecular weight excluding hydrogens is 268 g/mol. The predicted octanol–water partition coefficient (Wildman–Crippen LogP) is 3.95. The number of hydrogen-bond acceptors (Lipinski definition) is 4. The number of hydrogen-bond donors (Lipinski definition) is 2. The molecule has 0 aliphatic heterocycles. The van der Waals surface area contributed by atoms with Gasteiger partial charge in [0, 0.05) is 0 Å². The molecule has 0 saturated heterocycles. The van der Waals surface area contributed by atoms with E-state index in [0.717, 1.165) is 18.4 Å². The second-order valence-corrected chi connectivity index (χ2v) is 5.14. The summed E-state index contributed by atoms with van der Waals surface area (Å²) in [4.78, 5) is 11.8. The van der Waals surface area contributed by atoms with Crippen LogP contribution in [0.1, 0.15) is 44.0 Å². The fourth-order valence-electron chi connectivity index (χ4n) is 1.72. The minimum atomic E-state index is -0.656. The summed E-state index contributed by atoms with van der Waals surface area (Å²) in [6.45, 7) is 6.25. The maximum atomic E-state index is 11.8. The second-order valence-electron chi connectivity index (χ2n) is 5.14. The van der Waals surface area contributed by atoms with E-state index in [0.29, 0.717) is 0 Å². The van der Waals surface area contributed by atoms with Gasteiger partial charge >= 0.3 is 5.97 Å². The van der Waals surface area contributed by atoms with Crippen LogP contribution in [0.3, 0.4) is 0 Å². The summed E-state index contributed by atoms with van der Waals surface area (Å²) >= 11 is 0. The molecule has 4 heteroatoms. The van der Waals surface area contributed by atoms with E-state index < -0.39 is 11.7 Å². The third kappa shape index (κ3) is 5.73. The highest BCUT2D eigenvalue weighted by Gasteiger charge is 2.14. The number of para-hydroxylation sites is 1. The SMILES string of the molecule is CC(C)=CCC/C(C)=C/COC(=O)c1cccc(O)c1O. The van der Waals surface area contributed by atoms with Crippen LogP contribution in [0.2, 0.25) is 0 Å². The summed E-state index contributed by atoms with van der Waals surface area (Å²) in [7, 11) is 0. The monoisotopic (exact) mass is 290 g/mol. The molecule has 114 valence electrons. The molecule has 0 bridgehead atoms. The molecule has 0 fully saturated rings. The van der Waals surface area contributed by atoms with Gasteiger partial charge in [0.25, 0.3) is 0 Å². The predicted molar refractivity (Wildman–Crippen MR) is 82.5 cm³/mol. The van der Waals surface area contributed by atoms with Gasteiger partial charge in [-0.3, -0.25) is 0 Å². The van der Waals surface area contributed by atoms with Gasteiger partial charge in [-0.25, -0.2) is 4.79 Å². The third-order valence-electron chi connectivity index (χ3n) is 2.97. The summed E-state index contributed by atoms with van der Waals surface area (Å²) in [6.07, 6.45) is 5.89. The Bertz CT molecular complexity index is 552. The molecule has 0 unspecified atom stereocenters. The molecule has 1 aromatic rings. The third-order valence-corrected chi connectivity index (χ3v) is 2.97. The van der Waals surface area contributed by atoms with Crippen LogP contribution in [0.15, 0.2) is 41.5 Å². The lowest BCUT2D eigenvalue weighted by molar-refractivity contribution is 0.0545. The smallest absolute Gasteiger partial charge is 0.342 e. The number of esters is 1. The van der Waals surface area contributed by atoms with Gasteiger partial charge in [0.15, 0.2) is 11.5 Å². The number of ether oxygens (including phenoxy) is 1. The maximum absolute atomic E-state index is 11.8. The van der Waals surface area contributed by atoms with Gasteiger partial charge in [-0.1, -0.05) is 23.3 Å². The van der Waals surface area contributed by atoms with Crippen LogP contribution >= 0.6 is 0 Å². The van der Waals surface area contributed by atoms with E-state index in [1.807, 2.05) is 13.0 Å². The Morgan fingerprint density at radius 3 is 2.57 bits per heavy atom. The van der Waals surface area contributed by atoms with Crippen LogP contribution in [0.25, 0.3) is 0 Å². The number of rotatable bonds is 6. The van der Waals surface area contributed by atoms with Crippen LogP contribution in [0.5, 0.6) is 11.5 Å². The second kappa shape index (κ2) is 8.15. The van der Waals surface area contributed by atoms with Gasteiger partial charge in [0.2, 0.25) is 0 Å². The highest BCUT2D eigenvalue weighted by Crippen LogP contribution is 2.28. The van der Waals surface area contributed by atoms with Crippen molar-refractivity contribution in [2.45, 2.75) is 33.6 Å². The highest BCUT2D eigenvalue weighted by atomic mass is 16.5. The van der Waals surface area contributed by atoms with Crippen molar-refractivity contribution >= 4 is 5.97 Å². The zero-order chi connectivity index (χ0) is 15.8. The van der Waals surface area contributed by atoms with Crippen molar-refractivity contribution in [3.63, 3.8) is 0 Å². The summed E-state index contributed by atoms with van der Waals surface area (Å²) in [5, 5.41) is 18.9. The van der Waals surface area contributed by atoms with E-state index in [1.54, 1.807) is 0 Å². The molecule has 0 atom stereocenters. The van der Waals surface area contributed by atoms with Crippen molar-refractivity contribution in [3.05, 3.63) is 47.1 Å². The summed E-state index contributed by atoms with van der Waals surface area (Å²) in [6, 6.07) is 4.19. The minimum Gasteiger partial charge on any atom is -0.504 e. The first-order chi connectivity index (χ1) is 9.91. The first kappa shape index (κ1) is 16.8. The number of aromatic hydroxyl groups is 2. The quantitative estimate of drug-likeness (QED) is 0.473. The van der Waals surface area contributed by atoms with Crippen molar-refractivity contribution in [1.29, 1.82) is 0 Å². The molecule has 0 aromatic heterocycles. The number of allylic oxidation sites excluding steroid dienone is 3. The fourth-order valence-corrected chi connectivity index (χ4v) is 1.72. The topological polar surface area (TPSA) is 66.8 Å². The molecule has 0 aliphatic rings. The van der Waals surface area contributed by atoms with Crippen molar-refractivity contribution in [2.24, 2.45) is 0 Å². The zero-order valence-electron chi connectivity index (χ0n) is 12.7. The fraction of sp³-hybridized carbons (Fsp3) is 0.353. The Morgan fingerprint density at radius 1 is 1.19 bits per heavy atom. The number of phenolic OH excluding ortho intramolecular Hbond substituents is 2. The Kier molecular flexibility index (Phi) is 6.53. The molecule has 0 aliphatic carbocycles. The first-order valence-corrected chi connectivity index (χ1v) is 6.89. The molecule has 2 N–H and O–H groups in total.